The van der Waals surface area contributed by atoms with Crippen LogP contribution >= 0.6 is 11.8 Å². The second-order valence-corrected chi connectivity index (χ2v) is 10.8. The molecule has 0 N–H and O–H groups in total. The number of amides is 1. The van der Waals surface area contributed by atoms with E-state index >= 15 is 0 Å². The predicted octanol–water partition coefficient (Wildman–Crippen LogP) is 2.65. The van der Waals surface area contributed by atoms with E-state index < -0.39 is 9.84 Å². The Balaban J connectivity index is 1.41. The summed E-state index contributed by atoms with van der Waals surface area (Å²) in [7, 11) is -3.11. The van der Waals surface area contributed by atoms with Crippen molar-refractivity contribution in [3.8, 4) is 11.5 Å². The Morgan fingerprint density at radius 3 is 2.73 bits per heavy atom. The number of amidine groups is 1. The van der Waals surface area contributed by atoms with Crippen molar-refractivity contribution >= 4 is 38.4 Å². The van der Waals surface area contributed by atoms with Crippen molar-refractivity contribution in [1.29, 1.82) is 0 Å². The van der Waals surface area contributed by atoms with E-state index in [2.05, 4.69) is 4.99 Å². The molecule has 2 saturated heterocycles. The van der Waals surface area contributed by atoms with Gasteiger partial charge >= 0.3 is 0 Å². The van der Waals surface area contributed by atoms with Crippen molar-refractivity contribution in [1.82, 2.24) is 0 Å². The van der Waals surface area contributed by atoms with Gasteiger partial charge in [-0.1, -0.05) is 42.1 Å². The first kappa shape index (κ1) is 19.4. The van der Waals surface area contributed by atoms with Crippen molar-refractivity contribution < 1.29 is 22.7 Å². The predicted molar refractivity (Wildman–Crippen MR) is 116 cm³/mol. The molecule has 0 aromatic heterocycles. The minimum Gasteiger partial charge on any atom is -0.454 e. The molecule has 0 bridgehead atoms. The molecular weight excluding hydrogens is 424 g/mol. The summed E-state index contributed by atoms with van der Waals surface area (Å²) in [5.74, 6) is 1.20. The summed E-state index contributed by atoms with van der Waals surface area (Å²) in [5.41, 5.74) is 1.84. The maximum absolute atomic E-state index is 12.6. The van der Waals surface area contributed by atoms with Crippen LogP contribution in [-0.4, -0.2) is 49.1 Å². The summed E-state index contributed by atoms with van der Waals surface area (Å²) in [6, 6.07) is 15.0. The molecule has 3 aliphatic rings. The summed E-state index contributed by atoms with van der Waals surface area (Å²) >= 11 is 1.37. The fourth-order valence-corrected chi connectivity index (χ4v) is 7.89. The number of aliphatic imine (C=N–C) groups is 1. The molecule has 2 aromatic carbocycles. The van der Waals surface area contributed by atoms with Gasteiger partial charge in [-0.2, -0.15) is 4.99 Å². The first-order valence-electron chi connectivity index (χ1n) is 9.70. The normalized spacial score (nSPS) is 24.9. The van der Waals surface area contributed by atoms with Crippen molar-refractivity contribution in [3.05, 3.63) is 54.1 Å². The molecular formula is C21H20N2O5S2. The van der Waals surface area contributed by atoms with Crippen LogP contribution in [0.5, 0.6) is 11.5 Å². The zero-order valence-corrected chi connectivity index (χ0v) is 17.7. The Hall–Kier alpha value is -2.52. The van der Waals surface area contributed by atoms with Gasteiger partial charge < -0.3 is 14.4 Å². The number of hydrogen-bond donors (Lipinski definition) is 0. The molecule has 9 heteroatoms. The monoisotopic (exact) mass is 444 g/mol. The highest BCUT2D eigenvalue weighted by Crippen LogP contribution is 2.43. The highest BCUT2D eigenvalue weighted by molar-refractivity contribution is 8.16. The van der Waals surface area contributed by atoms with Crippen molar-refractivity contribution in [3.63, 3.8) is 0 Å². The number of hydrogen-bond acceptors (Lipinski definition) is 6. The first-order valence-corrected chi connectivity index (χ1v) is 12.4. The van der Waals surface area contributed by atoms with Gasteiger partial charge in [-0.15, -0.1) is 0 Å². The van der Waals surface area contributed by atoms with Gasteiger partial charge in [0.1, 0.15) is 0 Å². The molecule has 0 unspecified atom stereocenters. The molecule has 0 saturated carbocycles. The lowest BCUT2D eigenvalue weighted by Gasteiger charge is -2.24. The van der Waals surface area contributed by atoms with Gasteiger partial charge in [0.25, 0.3) is 0 Å². The van der Waals surface area contributed by atoms with Crippen LogP contribution in [0.1, 0.15) is 12.0 Å². The van der Waals surface area contributed by atoms with Gasteiger partial charge in [-0.25, -0.2) is 8.42 Å². The third-order valence-electron chi connectivity index (χ3n) is 5.39. The van der Waals surface area contributed by atoms with Crippen LogP contribution in [0, 0.1) is 0 Å². The van der Waals surface area contributed by atoms with Gasteiger partial charge in [-0.05, 0) is 24.1 Å². The summed E-state index contributed by atoms with van der Waals surface area (Å²) < 4.78 is 35.3. The van der Waals surface area contributed by atoms with E-state index in [0.717, 1.165) is 11.3 Å². The molecule has 1 amide bonds. The molecule has 7 nitrogen and oxygen atoms in total. The number of aryl methyl sites for hydroxylation is 1. The van der Waals surface area contributed by atoms with Gasteiger partial charge in [-0.3, -0.25) is 4.79 Å². The Morgan fingerprint density at radius 1 is 1.10 bits per heavy atom. The lowest BCUT2D eigenvalue weighted by atomic mass is 10.1. The molecule has 0 radical (unpaired) electrons. The van der Waals surface area contributed by atoms with E-state index in [0.29, 0.717) is 29.5 Å². The minimum atomic E-state index is -3.11. The second kappa shape index (κ2) is 7.63. The highest BCUT2D eigenvalue weighted by Gasteiger charge is 2.49. The van der Waals surface area contributed by atoms with E-state index in [1.807, 2.05) is 47.4 Å². The van der Waals surface area contributed by atoms with Crippen LogP contribution in [0.3, 0.4) is 0 Å². The SMILES string of the molecule is O=C(CCc1ccccc1)N=C1S[C@@H]2CS(=O)(=O)C[C@H]2N1c1ccc2c(c1)OCO2. The number of fused-ring (bicyclic) bond motifs is 2. The average molecular weight is 445 g/mol. The summed E-state index contributed by atoms with van der Waals surface area (Å²) in [4.78, 5) is 18.8. The van der Waals surface area contributed by atoms with Gasteiger partial charge in [0, 0.05) is 23.4 Å². The Morgan fingerprint density at radius 2 is 1.90 bits per heavy atom. The van der Waals surface area contributed by atoms with Crippen LogP contribution < -0.4 is 14.4 Å². The Bertz CT molecular complexity index is 1120. The number of anilines is 1. The number of carbonyl (C=O) groups is 1. The van der Waals surface area contributed by atoms with Crippen LogP contribution in [0.2, 0.25) is 0 Å². The lowest BCUT2D eigenvalue weighted by molar-refractivity contribution is -0.117. The molecule has 0 aliphatic carbocycles. The Kier molecular flexibility index (Phi) is 4.94. The number of rotatable bonds is 4. The molecule has 0 spiro atoms. The third-order valence-corrected chi connectivity index (χ3v) is 8.60. The van der Waals surface area contributed by atoms with Gasteiger partial charge in [0.2, 0.25) is 12.7 Å². The van der Waals surface area contributed by atoms with Crippen molar-refractivity contribution in [2.75, 3.05) is 23.2 Å². The van der Waals surface area contributed by atoms with Crippen LogP contribution in [0.15, 0.2) is 53.5 Å². The number of nitrogens with zero attached hydrogens (tertiary/aromatic N) is 2. The summed E-state index contributed by atoms with van der Waals surface area (Å²) in [5, 5.41) is 0.415. The zero-order valence-electron chi connectivity index (χ0n) is 16.1. The van der Waals surface area contributed by atoms with E-state index in [4.69, 9.17) is 9.47 Å². The molecule has 3 aliphatic heterocycles. The number of thioether (sulfide) groups is 1. The molecule has 2 atom stereocenters. The molecule has 2 aromatic rings. The number of ether oxygens (including phenoxy) is 2. The quantitative estimate of drug-likeness (QED) is 0.717. The first-order chi connectivity index (χ1) is 14.5. The van der Waals surface area contributed by atoms with Crippen LogP contribution in [0.25, 0.3) is 0 Å². The summed E-state index contributed by atoms with van der Waals surface area (Å²) in [6.07, 6.45) is 0.920. The van der Waals surface area contributed by atoms with E-state index in [1.54, 1.807) is 6.07 Å². The molecule has 2 fully saturated rings. The van der Waals surface area contributed by atoms with Crippen LogP contribution in [-0.2, 0) is 21.1 Å². The smallest absolute Gasteiger partial charge is 0.248 e. The highest BCUT2D eigenvalue weighted by atomic mass is 32.2. The van der Waals surface area contributed by atoms with Crippen molar-refractivity contribution in [2.45, 2.75) is 24.1 Å². The van der Waals surface area contributed by atoms with E-state index in [1.165, 1.54) is 11.8 Å². The average Bonchev–Trinajstić information content (AvgIpc) is 3.38. The Labute approximate surface area is 179 Å². The minimum absolute atomic E-state index is 0.0519. The van der Waals surface area contributed by atoms with Gasteiger partial charge in [0.05, 0.1) is 17.5 Å². The number of carbonyl (C=O) groups excluding carboxylic acids is 1. The fraction of sp³-hybridized carbons (Fsp3) is 0.333. The van der Waals surface area contributed by atoms with E-state index in [9.17, 15) is 13.2 Å². The fourth-order valence-electron chi connectivity index (χ4n) is 3.96. The maximum Gasteiger partial charge on any atom is 0.248 e. The standard InChI is InChI=1S/C21H20N2O5S2/c24-20(9-6-14-4-2-1-3-5-14)22-21-23(16-11-30(25,26)12-19(16)29-21)15-7-8-17-18(10-15)28-13-27-17/h1-5,7-8,10,16,19H,6,9,11-13H2/t16-,19-/m1/s1. The largest absolute Gasteiger partial charge is 0.454 e. The molecule has 5 rings (SSSR count). The maximum atomic E-state index is 12.6. The number of benzene rings is 2. The third kappa shape index (κ3) is 3.79. The second-order valence-electron chi connectivity index (χ2n) is 7.48. The molecule has 3 heterocycles. The molecule has 156 valence electrons. The lowest BCUT2D eigenvalue weighted by Crippen LogP contribution is -2.37. The van der Waals surface area contributed by atoms with Crippen LogP contribution in [0.4, 0.5) is 5.69 Å². The summed E-state index contributed by atoms with van der Waals surface area (Å²) in [6.45, 7) is 0.160. The zero-order chi connectivity index (χ0) is 20.7. The van der Waals surface area contributed by atoms with Gasteiger partial charge in [0.15, 0.2) is 26.5 Å². The van der Waals surface area contributed by atoms with Crippen molar-refractivity contribution in [2.24, 2.45) is 4.99 Å². The topological polar surface area (TPSA) is 85.3 Å². The van der Waals surface area contributed by atoms with E-state index in [-0.39, 0.29) is 35.5 Å². The molecule has 30 heavy (non-hydrogen) atoms. The number of sulfone groups is 1.